The molecule has 28 heavy (non-hydrogen) atoms. The minimum absolute atomic E-state index is 0.219. The summed E-state index contributed by atoms with van der Waals surface area (Å²) >= 11 is 3.40. The zero-order valence-electron chi connectivity index (χ0n) is 15.3. The molecule has 0 aromatic heterocycles. The van der Waals surface area contributed by atoms with Crippen molar-refractivity contribution in [3.05, 3.63) is 58.1 Å². The summed E-state index contributed by atoms with van der Waals surface area (Å²) in [5.41, 5.74) is 7.60. The molecule has 0 unspecified atom stereocenters. The van der Waals surface area contributed by atoms with Gasteiger partial charge in [-0.2, -0.15) is 10.1 Å². The number of hydrogen-bond donors (Lipinski definition) is 1. The Hall–Kier alpha value is -3.13. The van der Waals surface area contributed by atoms with Gasteiger partial charge in [-0.3, -0.25) is 9.59 Å². The molecule has 144 valence electrons. The van der Waals surface area contributed by atoms with E-state index in [4.69, 9.17) is 15.2 Å². The zero-order chi connectivity index (χ0) is 20.3. The highest BCUT2D eigenvalue weighted by Gasteiger charge is 2.28. The van der Waals surface area contributed by atoms with Gasteiger partial charge in [0.1, 0.15) is 0 Å². The van der Waals surface area contributed by atoms with Crippen molar-refractivity contribution in [1.29, 1.82) is 0 Å². The van der Waals surface area contributed by atoms with E-state index in [0.717, 1.165) is 10.0 Å². The first-order chi connectivity index (χ1) is 13.4. The van der Waals surface area contributed by atoms with Crippen LogP contribution in [0.3, 0.4) is 0 Å². The number of rotatable bonds is 6. The van der Waals surface area contributed by atoms with E-state index in [1.54, 1.807) is 31.2 Å². The third-order valence-electron chi connectivity index (χ3n) is 3.98. The molecule has 0 bridgehead atoms. The monoisotopic (exact) mass is 443 g/mol. The molecule has 7 nitrogen and oxygen atoms in total. The minimum atomic E-state index is -0.579. The highest BCUT2D eigenvalue weighted by molar-refractivity contribution is 9.10. The minimum Gasteiger partial charge on any atom is -0.493 e. The Labute approximate surface area is 170 Å². The molecule has 1 heterocycles. The van der Waals surface area contributed by atoms with E-state index in [2.05, 4.69) is 21.0 Å². The van der Waals surface area contributed by atoms with E-state index in [9.17, 15) is 9.59 Å². The maximum atomic E-state index is 12.9. The van der Waals surface area contributed by atoms with Gasteiger partial charge in [0.15, 0.2) is 18.1 Å². The fraction of sp³-hybridized carbons (Fsp3) is 0.150. The van der Waals surface area contributed by atoms with Crippen LogP contribution >= 0.6 is 15.9 Å². The van der Waals surface area contributed by atoms with Gasteiger partial charge in [-0.1, -0.05) is 28.1 Å². The summed E-state index contributed by atoms with van der Waals surface area (Å²) in [6.45, 7) is 1.53. The Balaban J connectivity index is 1.88. The molecule has 8 heteroatoms. The first-order valence-electron chi connectivity index (χ1n) is 8.35. The van der Waals surface area contributed by atoms with Gasteiger partial charge in [0.2, 0.25) is 0 Å². The van der Waals surface area contributed by atoms with Crippen molar-refractivity contribution in [2.24, 2.45) is 10.8 Å². The Morgan fingerprint density at radius 1 is 1.25 bits per heavy atom. The second-order valence-corrected chi connectivity index (χ2v) is 6.92. The number of anilines is 1. The second kappa shape index (κ2) is 8.26. The summed E-state index contributed by atoms with van der Waals surface area (Å²) in [6, 6.07) is 12.5. The first kappa shape index (κ1) is 19.6. The van der Waals surface area contributed by atoms with Gasteiger partial charge in [-0.15, -0.1) is 0 Å². The van der Waals surface area contributed by atoms with Crippen molar-refractivity contribution >= 4 is 45.2 Å². The summed E-state index contributed by atoms with van der Waals surface area (Å²) in [6.07, 6.45) is 1.74. The lowest BCUT2D eigenvalue weighted by atomic mass is 10.1. The lowest BCUT2D eigenvalue weighted by molar-refractivity contribution is -0.120. The third kappa shape index (κ3) is 4.23. The number of benzene rings is 2. The number of carbonyl (C=O) groups excluding carboxylic acids is 2. The van der Waals surface area contributed by atoms with Crippen molar-refractivity contribution in [2.75, 3.05) is 18.7 Å². The molecule has 3 rings (SSSR count). The lowest BCUT2D eigenvalue weighted by Crippen LogP contribution is -2.21. The van der Waals surface area contributed by atoms with Gasteiger partial charge in [-0.25, -0.2) is 0 Å². The number of nitrogens with two attached hydrogens (primary N) is 1. The Morgan fingerprint density at radius 3 is 2.71 bits per heavy atom. The third-order valence-corrected chi connectivity index (χ3v) is 4.48. The fourth-order valence-corrected chi connectivity index (χ4v) is 3.06. The van der Waals surface area contributed by atoms with E-state index in [-0.39, 0.29) is 12.5 Å². The smallest absolute Gasteiger partial charge is 0.280 e. The first-order valence-corrected chi connectivity index (χ1v) is 9.15. The standard InChI is InChI=1S/C20H18BrN3O4/c1-12-16(20(26)24(23-12)15-5-3-4-14(21)10-15)8-13-6-7-17(18(9-13)27-2)28-11-19(22)25/h3-10H,11H2,1-2H3,(H2,22,25)/b16-8+. The SMILES string of the molecule is COc1cc(/C=C2/C(=O)N(c3cccc(Br)c3)N=C2C)ccc1OCC(N)=O. The number of hydrazone groups is 1. The van der Waals surface area contributed by atoms with E-state index in [0.29, 0.717) is 28.5 Å². The Bertz CT molecular complexity index is 1000. The van der Waals surface area contributed by atoms with Crippen LogP contribution in [0, 0.1) is 0 Å². The normalized spacial score (nSPS) is 15.0. The predicted molar refractivity (Wildman–Crippen MR) is 110 cm³/mol. The average molecular weight is 444 g/mol. The molecule has 2 amide bonds. The molecule has 0 radical (unpaired) electrons. The van der Waals surface area contributed by atoms with Crippen molar-refractivity contribution < 1.29 is 19.1 Å². The molecule has 1 aliphatic rings. The van der Waals surface area contributed by atoms with E-state index in [1.165, 1.54) is 12.1 Å². The summed E-state index contributed by atoms with van der Waals surface area (Å²) in [5, 5.41) is 5.74. The van der Waals surface area contributed by atoms with Crippen LogP contribution in [0.1, 0.15) is 12.5 Å². The number of carbonyl (C=O) groups is 2. The van der Waals surface area contributed by atoms with Crippen LogP contribution in [0.15, 0.2) is 57.6 Å². The number of amides is 2. The highest BCUT2D eigenvalue weighted by atomic mass is 79.9. The van der Waals surface area contributed by atoms with E-state index in [1.807, 2.05) is 24.3 Å². The van der Waals surface area contributed by atoms with Gasteiger partial charge in [0.05, 0.1) is 24.1 Å². The van der Waals surface area contributed by atoms with Crippen LogP contribution < -0.4 is 20.2 Å². The quantitative estimate of drug-likeness (QED) is 0.693. The molecule has 2 N–H and O–H groups in total. The molecule has 0 atom stereocenters. The molecule has 0 saturated heterocycles. The van der Waals surface area contributed by atoms with Crippen LogP contribution in [0.4, 0.5) is 5.69 Å². The predicted octanol–water partition coefficient (Wildman–Crippen LogP) is 3.13. The van der Waals surface area contributed by atoms with Gasteiger partial charge < -0.3 is 15.2 Å². The van der Waals surface area contributed by atoms with Crippen molar-refractivity contribution in [3.63, 3.8) is 0 Å². The second-order valence-electron chi connectivity index (χ2n) is 6.01. The van der Waals surface area contributed by atoms with Crippen LogP contribution in [0.5, 0.6) is 11.5 Å². The molecule has 0 fully saturated rings. The van der Waals surface area contributed by atoms with Crippen LogP contribution in [-0.4, -0.2) is 31.2 Å². The molecule has 2 aromatic rings. The van der Waals surface area contributed by atoms with Crippen LogP contribution in [0.2, 0.25) is 0 Å². The molecule has 0 aliphatic carbocycles. The summed E-state index contributed by atoms with van der Waals surface area (Å²) in [4.78, 5) is 23.8. The Morgan fingerprint density at radius 2 is 2.04 bits per heavy atom. The largest absolute Gasteiger partial charge is 0.493 e. The molecular formula is C20H18BrN3O4. The molecule has 1 aliphatic heterocycles. The van der Waals surface area contributed by atoms with Crippen molar-refractivity contribution in [2.45, 2.75) is 6.92 Å². The van der Waals surface area contributed by atoms with Gasteiger partial charge in [-0.05, 0) is 48.9 Å². The van der Waals surface area contributed by atoms with Crippen LogP contribution in [0.25, 0.3) is 6.08 Å². The summed E-state index contributed by atoms with van der Waals surface area (Å²) in [5.74, 6) is 0.0229. The van der Waals surface area contributed by atoms with E-state index < -0.39 is 5.91 Å². The maximum Gasteiger partial charge on any atom is 0.280 e. The average Bonchev–Trinajstić information content (AvgIpc) is 2.95. The maximum absolute atomic E-state index is 12.9. The lowest BCUT2D eigenvalue weighted by Gasteiger charge is -2.12. The summed E-state index contributed by atoms with van der Waals surface area (Å²) in [7, 11) is 1.49. The zero-order valence-corrected chi connectivity index (χ0v) is 16.9. The Kier molecular flexibility index (Phi) is 5.79. The van der Waals surface area contributed by atoms with Gasteiger partial charge >= 0.3 is 0 Å². The number of primary amides is 1. The van der Waals surface area contributed by atoms with E-state index >= 15 is 0 Å². The molecule has 0 spiro atoms. The molecular weight excluding hydrogens is 426 g/mol. The number of nitrogens with zero attached hydrogens (tertiary/aromatic N) is 2. The summed E-state index contributed by atoms with van der Waals surface area (Å²) < 4.78 is 11.5. The number of ether oxygens (including phenoxy) is 2. The van der Waals surface area contributed by atoms with Gasteiger partial charge in [0.25, 0.3) is 11.8 Å². The fourth-order valence-electron chi connectivity index (χ4n) is 2.68. The van der Waals surface area contributed by atoms with Crippen molar-refractivity contribution in [3.8, 4) is 11.5 Å². The highest BCUT2D eigenvalue weighted by Crippen LogP contribution is 2.31. The van der Waals surface area contributed by atoms with Crippen LogP contribution in [-0.2, 0) is 9.59 Å². The van der Waals surface area contributed by atoms with Crippen molar-refractivity contribution in [1.82, 2.24) is 0 Å². The number of hydrogen-bond acceptors (Lipinski definition) is 5. The number of halogens is 1. The molecule has 2 aromatic carbocycles. The topological polar surface area (TPSA) is 94.2 Å². The molecule has 0 saturated carbocycles. The number of methoxy groups -OCH3 is 1. The van der Waals surface area contributed by atoms with Gasteiger partial charge in [0, 0.05) is 4.47 Å².